The average molecular weight is 301 g/mol. The zero-order valence-electron chi connectivity index (χ0n) is 11.9. The van der Waals surface area contributed by atoms with Gasteiger partial charge < -0.3 is 4.74 Å². The van der Waals surface area contributed by atoms with E-state index in [0.29, 0.717) is 22.3 Å². The first-order valence-corrected chi connectivity index (χ1v) is 7.55. The maximum Gasteiger partial charge on any atom is 0.197 e. The van der Waals surface area contributed by atoms with Gasteiger partial charge >= 0.3 is 0 Å². The predicted octanol–water partition coefficient (Wildman–Crippen LogP) is 4.85. The van der Waals surface area contributed by atoms with E-state index >= 15 is 0 Å². The molecular formula is C18H17ClO2. The van der Waals surface area contributed by atoms with Gasteiger partial charge in [0.05, 0.1) is 12.7 Å². The highest BCUT2D eigenvalue weighted by atomic mass is 35.5. The van der Waals surface area contributed by atoms with Crippen LogP contribution in [0.25, 0.3) is 0 Å². The number of ketones is 1. The molecule has 0 atom stereocenters. The van der Waals surface area contributed by atoms with Gasteiger partial charge in [0, 0.05) is 10.6 Å². The fraction of sp³-hybridized carbons (Fsp3) is 0.278. The third-order valence-corrected chi connectivity index (χ3v) is 4.39. The van der Waals surface area contributed by atoms with Crippen LogP contribution in [0.15, 0.2) is 42.5 Å². The third-order valence-electron chi connectivity index (χ3n) is 4.16. The van der Waals surface area contributed by atoms with Crippen molar-refractivity contribution in [3.8, 4) is 5.75 Å². The molecule has 3 heteroatoms. The summed E-state index contributed by atoms with van der Waals surface area (Å²) in [5, 5.41) is 0.565. The van der Waals surface area contributed by atoms with Crippen molar-refractivity contribution in [2.75, 3.05) is 7.11 Å². The molecule has 0 N–H and O–H groups in total. The van der Waals surface area contributed by atoms with Crippen molar-refractivity contribution in [2.24, 2.45) is 0 Å². The molecular weight excluding hydrogens is 284 g/mol. The predicted molar refractivity (Wildman–Crippen MR) is 84.5 cm³/mol. The second kappa shape index (κ2) is 5.90. The van der Waals surface area contributed by atoms with E-state index in [-0.39, 0.29) is 5.78 Å². The molecule has 0 unspecified atom stereocenters. The van der Waals surface area contributed by atoms with Crippen molar-refractivity contribution in [3.05, 3.63) is 64.2 Å². The van der Waals surface area contributed by atoms with E-state index in [1.54, 1.807) is 25.3 Å². The maximum atomic E-state index is 12.9. The number of carbonyl (C=O) groups excluding carboxylic acids is 1. The Bertz CT molecular complexity index is 675. The molecule has 0 bridgehead atoms. The fourth-order valence-corrected chi connectivity index (χ4v) is 2.94. The van der Waals surface area contributed by atoms with Gasteiger partial charge in [-0.3, -0.25) is 4.79 Å². The number of hydrogen-bond acceptors (Lipinski definition) is 2. The second-order valence-electron chi connectivity index (χ2n) is 5.39. The minimum absolute atomic E-state index is 0.00557. The van der Waals surface area contributed by atoms with Crippen LogP contribution in [-0.4, -0.2) is 12.9 Å². The van der Waals surface area contributed by atoms with Gasteiger partial charge in [0.25, 0.3) is 0 Å². The molecule has 1 saturated carbocycles. The van der Waals surface area contributed by atoms with E-state index in [4.69, 9.17) is 16.3 Å². The third kappa shape index (κ3) is 2.68. The lowest BCUT2D eigenvalue weighted by atomic mass is 9.77. The lowest BCUT2D eigenvalue weighted by molar-refractivity contribution is 0.103. The lowest BCUT2D eigenvalue weighted by Gasteiger charge is -2.27. The molecule has 2 aromatic carbocycles. The monoisotopic (exact) mass is 300 g/mol. The van der Waals surface area contributed by atoms with E-state index < -0.39 is 0 Å². The van der Waals surface area contributed by atoms with Crippen molar-refractivity contribution in [3.63, 3.8) is 0 Å². The molecule has 1 aliphatic rings. The molecule has 1 aliphatic carbocycles. The summed E-state index contributed by atoms with van der Waals surface area (Å²) >= 11 is 5.97. The van der Waals surface area contributed by atoms with Crippen LogP contribution < -0.4 is 4.74 Å². The van der Waals surface area contributed by atoms with Crippen molar-refractivity contribution < 1.29 is 9.53 Å². The Labute approximate surface area is 129 Å². The highest BCUT2D eigenvalue weighted by Gasteiger charge is 2.25. The first-order valence-electron chi connectivity index (χ1n) is 7.18. The van der Waals surface area contributed by atoms with Crippen molar-refractivity contribution in [1.29, 1.82) is 0 Å². The van der Waals surface area contributed by atoms with Crippen LogP contribution in [0.3, 0.4) is 0 Å². The molecule has 1 fully saturated rings. The Balaban J connectivity index is 2.03. The van der Waals surface area contributed by atoms with Gasteiger partial charge in [-0.05, 0) is 42.5 Å². The van der Waals surface area contributed by atoms with Gasteiger partial charge in [-0.25, -0.2) is 0 Å². The average Bonchev–Trinajstić information content (AvgIpc) is 2.45. The van der Waals surface area contributed by atoms with Crippen molar-refractivity contribution in [1.82, 2.24) is 0 Å². The van der Waals surface area contributed by atoms with Gasteiger partial charge in [-0.2, -0.15) is 0 Å². The number of ether oxygens (including phenoxy) is 1. The van der Waals surface area contributed by atoms with Crippen LogP contribution >= 0.6 is 11.6 Å². The minimum atomic E-state index is 0.00557. The number of carbonyl (C=O) groups is 1. The maximum absolute atomic E-state index is 12.9. The molecule has 3 rings (SSSR count). The standard InChI is InChI=1S/C18H17ClO2/c1-21-17-11-13(19)9-10-16(17)18(20)15-8-3-2-7-14(15)12-5-4-6-12/h2-3,7-12H,4-6H2,1H3. The van der Waals surface area contributed by atoms with E-state index in [2.05, 4.69) is 6.07 Å². The summed E-state index contributed by atoms with van der Waals surface area (Å²) in [7, 11) is 1.56. The van der Waals surface area contributed by atoms with E-state index in [1.165, 1.54) is 19.3 Å². The zero-order chi connectivity index (χ0) is 14.8. The molecule has 2 nitrogen and oxygen atoms in total. The Hall–Kier alpha value is -1.80. The van der Waals surface area contributed by atoms with Gasteiger partial charge in [0.2, 0.25) is 0 Å². The number of rotatable bonds is 4. The second-order valence-corrected chi connectivity index (χ2v) is 5.83. The highest BCUT2D eigenvalue weighted by Crippen LogP contribution is 2.39. The summed E-state index contributed by atoms with van der Waals surface area (Å²) in [6.07, 6.45) is 3.58. The smallest absolute Gasteiger partial charge is 0.197 e. The summed E-state index contributed by atoms with van der Waals surface area (Å²) in [6.45, 7) is 0. The van der Waals surface area contributed by atoms with Gasteiger partial charge in [-0.15, -0.1) is 0 Å². The Morgan fingerprint density at radius 2 is 1.90 bits per heavy atom. The van der Waals surface area contributed by atoms with Crippen molar-refractivity contribution >= 4 is 17.4 Å². The van der Waals surface area contributed by atoms with Crippen LogP contribution in [0.1, 0.15) is 46.7 Å². The first-order chi connectivity index (χ1) is 10.2. The summed E-state index contributed by atoms with van der Waals surface area (Å²) < 4.78 is 5.30. The minimum Gasteiger partial charge on any atom is -0.496 e. The Kier molecular flexibility index (Phi) is 3.98. The number of hydrogen-bond donors (Lipinski definition) is 0. The van der Waals surface area contributed by atoms with Gasteiger partial charge in [0.1, 0.15) is 5.75 Å². The SMILES string of the molecule is COc1cc(Cl)ccc1C(=O)c1ccccc1C1CCC1. The summed E-state index contributed by atoms with van der Waals surface area (Å²) in [5.74, 6) is 1.05. The van der Waals surface area contributed by atoms with Crippen LogP contribution in [-0.2, 0) is 0 Å². The largest absolute Gasteiger partial charge is 0.496 e. The molecule has 0 spiro atoms. The highest BCUT2D eigenvalue weighted by molar-refractivity contribution is 6.31. The molecule has 21 heavy (non-hydrogen) atoms. The molecule has 0 aliphatic heterocycles. The fourth-order valence-electron chi connectivity index (χ4n) is 2.78. The van der Waals surface area contributed by atoms with Crippen LogP contribution in [0.2, 0.25) is 5.02 Å². The first kappa shape index (κ1) is 14.2. The molecule has 0 radical (unpaired) electrons. The summed E-state index contributed by atoms with van der Waals surface area (Å²) in [4.78, 5) is 12.9. The zero-order valence-corrected chi connectivity index (χ0v) is 12.7. The Morgan fingerprint density at radius 3 is 2.57 bits per heavy atom. The van der Waals surface area contributed by atoms with E-state index in [1.807, 2.05) is 18.2 Å². The lowest BCUT2D eigenvalue weighted by Crippen LogP contribution is -2.14. The normalized spacial score (nSPS) is 14.6. The quantitative estimate of drug-likeness (QED) is 0.755. The number of benzene rings is 2. The molecule has 108 valence electrons. The molecule has 2 aromatic rings. The van der Waals surface area contributed by atoms with Crippen LogP contribution in [0, 0.1) is 0 Å². The number of methoxy groups -OCH3 is 1. The Morgan fingerprint density at radius 1 is 1.14 bits per heavy atom. The molecule has 0 amide bonds. The summed E-state index contributed by atoms with van der Waals surface area (Å²) in [6, 6.07) is 13.0. The van der Waals surface area contributed by atoms with Gasteiger partial charge in [0.15, 0.2) is 5.78 Å². The summed E-state index contributed by atoms with van der Waals surface area (Å²) in [5.41, 5.74) is 2.50. The molecule has 0 saturated heterocycles. The van der Waals surface area contributed by atoms with Crippen LogP contribution in [0.5, 0.6) is 5.75 Å². The topological polar surface area (TPSA) is 26.3 Å². The number of halogens is 1. The van der Waals surface area contributed by atoms with Gasteiger partial charge in [-0.1, -0.05) is 42.3 Å². The van der Waals surface area contributed by atoms with Crippen molar-refractivity contribution in [2.45, 2.75) is 25.2 Å². The molecule has 0 aromatic heterocycles. The van der Waals surface area contributed by atoms with E-state index in [9.17, 15) is 4.79 Å². The van der Waals surface area contributed by atoms with Crippen LogP contribution in [0.4, 0.5) is 0 Å². The molecule has 0 heterocycles. The van der Waals surface area contributed by atoms with E-state index in [0.717, 1.165) is 11.1 Å².